The van der Waals surface area contributed by atoms with Crippen LogP contribution >= 0.6 is 0 Å². The minimum atomic E-state index is 0.0129. The van der Waals surface area contributed by atoms with Crippen LogP contribution in [0.4, 0.5) is 4.79 Å². The molecule has 0 aromatic carbocycles. The molecule has 1 aliphatic carbocycles. The highest BCUT2D eigenvalue weighted by Gasteiger charge is 2.33. The zero-order valence-corrected chi connectivity index (χ0v) is 14.1. The van der Waals surface area contributed by atoms with E-state index in [2.05, 4.69) is 15.5 Å². The zero-order valence-electron chi connectivity index (χ0n) is 14.1. The van der Waals surface area contributed by atoms with E-state index in [9.17, 15) is 9.59 Å². The Kier molecular flexibility index (Phi) is 6.06. The lowest BCUT2D eigenvalue weighted by atomic mass is 9.90. The third-order valence-corrected chi connectivity index (χ3v) is 4.97. The SMILES string of the molecule is CC(=O)NC[C@H]1CCN(C(=O)NC2CCCC2)C[C@H]1N(C)C. The van der Waals surface area contributed by atoms with Gasteiger partial charge in [-0.2, -0.15) is 0 Å². The molecule has 3 amide bonds. The van der Waals surface area contributed by atoms with Crippen LogP contribution in [0.3, 0.4) is 0 Å². The molecule has 0 radical (unpaired) electrons. The molecule has 0 aromatic rings. The fourth-order valence-electron chi connectivity index (χ4n) is 3.60. The van der Waals surface area contributed by atoms with E-state index in [1.54, 1.807) is 6.92 Å². The van der Waals surface area contributed by atoms with Gasteiger partial charge in [-0.1, -0.05) is 12.8 Å². The highest BCUT2D eigenvalue weighted by Crippen LogP contribution is 2.22. The van der Waals surface area contributed by atoms with Crippen LogP contribution in [0.25, 0.3) is 0 Å². The Morgan fingerprint density at radius 3 is 2.45 bits per heavy atom. The third kappa shape index (κ3) is 4.60. The molecule has 1 heterocycles. The number of likely N-dealkylation sites (N-methyl/N-ethyl adjacent to an activating group) is 1. The second kappa shape index (κ2) is 7.81. The number of hydrogen-bond donors (Lipinski definition) is 2. The van der Waals surface area contributed by atoms with Gasteiger partial charge in [0.25, 0.3) is 0 Å². The van der Waals surface area contributed by atoms with Crippen LogP contribution in [0, 0.1) is 5.92 Å². The molecule has 0 bridgehead atoms. The second-order valence-corrected chi connectivity index (χ2v) is 6.89. The van der Waals surface area contributed by atoms with E-state index in [1.807, 2.05) is 19.0 Å². The fourth-order valence-corrected chi connectivity index (χ4v) is 3.60. The molecule has 0 aromatic heterocycles. The van der Waals surface area contributed by atoms with Gasteiger partial charge in [-0.25, -0.2) is 4.79 Å². The Balaban J connectivity index is 1.88. The van der Waals surface area contributed by atoms with Gasteiger partial charge in [0, 0.05) is 38.6 Å². The molecule has 2 atom stereocenters. The van der Waals surface area contributed by atoms with Gasteiger partial charge >= 0.3 is 6.03 Å². The van der Waals surface area contributed by atoms with Gasteiger partial charge in [0.2, 0.25) is 5.91 Å². The summed E-state index contributed by atoms with van der Waals surface area (Å²) >= 11 is 0. The molecule has 2 aliphatic rings. The van der Waals surface area contributed by atoms with Crippen molar-refractivity contribution in [3.8, 4) is 0 Å². The fraction of sp³-hybridized carbons (Fsp3) is 0.875. The van der Waals surface area contributed by atoms with Crippen molar-refractivity contribution in [1.29, 1.82) is 0 Å². The predicted octanol–water partition coefficient (Wildman–Crippen LogP) is 1.03. The van der Waals surface area contributed by atoms with E-state index in [0.717, 1.165) is 32.4 Å². The molecular formula is C16H30N4O2. The summed E-state index contributed by atoms with van der Waals surface area (Å²) in [5.74, 6) is 0.411. The topological polar surface area (TPSA) is 64.7 Å². The molecule has 2 fully saturated rings. The molecule has 1 saturated heterocycles. The largest absolute Gasteiger partial charge is 0.356 e. The summed E-state index contributed by atoms with van der Waals surface area (Å²) in [5.41, 5.74) is 0. The number of nitrogens with one attached hydrogen (secondary N) is 2. The zero-order chi connectivity index (χ0) is 16.1. The van der Waals surface area contributed by atoms with Gasteiger partial charge in [-0.05, 0) is 39.3 Å². The van der Waals surface area contributed by atoms with E-state index in [-0.39, 0.29) is 18.0 Å². The Hall–Kier alpha value is -1.30. The predicted molar refractivity (Wildman–Crippen MR) is 86.6 cm³/mol. The van der Waals surface area contributed by atoms with Gasteiger partial charge in [-0.15, -0.1) is 0 Å². The highest BCUT2D eigenvalue weighted by molar-refractivity contribution is 5.75. The standard InChI is InChI=1S/C16H30N4O2/c1-12(21)17-10-13-8-9-20(11-15(13)19(2)3)16(22)18-14-6-4-5-7-14/h13-15H,4-11H2,1-3H3,(H,17,21)(H,18,22)/t13-,15-/m1/s1. The molecule has 1 saturated carbocycles. The van der Waals surface area contributed by atoms with Crippen molar-refractivity contribution >= 4 is 11.9 Å². The van der Waals surface area contributed by atoms with Gasteiger partial charge in [0.05, 0.1) is 0 Å². The minimum absolute atomic E-state index is 0.0129. The maximum absolute atomic E-state index is 12.4. The van der Waals surface area contributed by atoms with Crippen molar-refractivity contribution in [3.63, 3.8) is 0 Å². The van der Waals surface area contributed by atoms with E-state index >= 15 is 0 Å². The maximum Gasteiger partial charge on any atom is 0.317 e. The number of piperidine rings is 1. The van der Waals surface area contributed by atoms with Crippen molar-refractivity contribution in [2.24, 2.45) is 5.92 Å². The van der Waals surface area contributed by atoms with Crippen LogP contribution in [0.2, 0.25) is 0 Å². The monoisotopic (exact) mass is 310 g/mol. The van der Waals surface area contributed by atoms with Crippen LogP contribution in [-0.4, -0.2) is 67.6 Å². The average molecular weight is 310 g/mol. The molecule has 126 valence electrons. The van der Waals surface area contributed by atoms with Crippen LogP contribution < -0.4 is 10.6 Å². The van der Waals surface area contributed by atoms with Crippen molar-refractivity contribution in [3.05, 3.63) is 0 Å². The smallest absolute Gasteiger partial charge is 0.317 e. The lowest BCUT2D eigenvalue weighted by Crippen LogP contribution is -2.57. The van der Waals surface area contributed by atoms with Crippen LogP contribution in [0.5, 0.6) is 0 Å². The molecule has 1 aliphatic heterocycles. The Labute approximate surface area is 133 Å². The molecule has 6 heteroatoms. The van der Waals surface area contributed by atoms with Crippen LogP contribution in [-0.2, 0) is 4.79 Å². The van der Waals surface area contributed by atoms with E-state index in [0.29, 0.717) is 18.5 Å². The Morgan fingerprint density at radius 1 is 1.18 bits per heavy atom. The molecule has 0 unspecified atom stereocenters. The lowest BCUT2D eigenvalue weighted by molar-refractivity contribution is -0.119. The summed E-state index contributed by atoms with van der Waals surface area (Å²) < 4.78 is 0. The van der Waals surface area contributed by atoms with Crippen molar-refractivity contribution in [2.75, 3.05) is 33.7 Å². The highest BCUT2D eigenvalue weighted by atomic mass is 16.2. The quantitative estimate of drug-likeness (QED) is 0.815. The van der Waals surface area contributed by atoms with Gasteiger partial charge in [-0.3, -0.25) is 4.79 Å². The average Bonchev–Trinajstić information content (AvgIpc) is 2.97. The molecular weight excluding hydrogens is 280 g/mol. The summed E-state index contributed by atoms with van der Waals surface area (Å²) in [7, 11) is 4.09. The third-order valence-electron chi connectivity index (χ3n) is 4.97. The summed E-state index contributed by atoms with van der Waals surface area (Å²) in [5, 5.41) is 6.09. The Morgan fingerprint density at radius 2 is 1.86 bits per heavy atom. The first-order valence-corrected chi connectivity index (χ1v) is 8.43. The number of amides is 3. The van der Waals surface area contributed by atoms with E-state index in [1.165, 1.54) is 12.8 Å². The number of urea groups is 1. The van der Waals surface area contributed by atoms with Crippen LogP contribution in [0.15, 0.2) is 0 Å². The molecule has 2 N–H and O–H groups in total. The van der Waals surface area contributed by atoms with Crippen molar-refractivity contribution < 1.29 is 9.59 Å². The first kappa shape index (κ1) is 17.1. The van der Waals surface area contributed by atoms with Crippen LogP contribution in [0.1, 0.15) is 39.0 Å². The summed E-state index contributed by atoms with van der Waals surface area (Å²) in [4.78, 5) is 27.7. The number of likely N-dealkylation sites (tertiary alicyclic amines) is 1. The lowest BCUT2D eigenvalue weighted by Gasteiger charge is -2.42. The first-order valence-electron chi connectivity index (χ1n) is 8.43. The second-order valence-electron chi connectivity index (χ2n) is 6.89. The number of carbonyl (C=O) groups is 2. The first-order chi connectivity index (χ1) is 10.5. The number of hydrogen-bond acceptors (Lipinski definition) is 3. The number of nitrogens with zero attached hydrogens (tertiary/aromatic N) is 2. The molecule has 2 rings (SSSR count). The van der Waals surface area contributed by atoms with E-state index in [4.69, 9.17) is 0 Å². The van der Waals surface area contributed by atoms with E-state index < -0.39 is 0 Å². The summed E-state index contributed by atoms with van der Waals surface area (Å²) in [6.45, 7) is 3.74. The minimum Gasteiger partial charge on any atom is -0.356 e. The molecule has 22 heavy (non-hydrogen) atoms. The molecule has 6 nitrogen and oxygen atoms in total. The van der Waals surface area contributed by atoms with Crippen molar-refractivity contribution in [1.82, 2.24) is 20.4 Å². The number of carbonyl (C=O) groups excluding carboxylic acids is 2. The van der Waals surface area contributed by atoms with Gasteiger partial charge in [0.15, 0.2) is 0 Å². The van der Waals surface area contributed by atoms with Gasteiger partial charge in [0.1, 0.15) is 0 Å². The molecule has 0 spiro atoms. The normalized spacial score (nSPS) is 26.3. The Bertz CT molecular complexity index is 394. The summed E-state index contributed by atoms with van der Waals surface area (Å²) in [6.07, 6.45) is 5.61. The number of rotatable bonds is 4. The maximum atomic E-state index is 12.4. The summed E-state index contributed by atoms with van der Waals surface area (Å²) in [6, 6.07) is 0.731. The van der Waals surface area contributed by atoms with Crippen molar-refractivity contribution in [2.45, 2.75) is 51.1 Å². The van der Waals surface area contributed by atoms with Gasteiger partial charge < -0.3 is 20.4 Å².